The molecule has 3 rings (SSSR count). The number of hydrogen-bond donors (Lipinski definition) is 0. The van der Waals surface area contributed by atoms with Gasteiger partial charge in [-0.3, -0.25) is 4.90 Å². The smallest absolute Gasteiger partial charge is 0.320 e. The highest BCUT2D eigenvalue weighted by molar-refractivity contribution is 5.96. The van der Waals surface area contributed by atoms with Crippen LogP contribution in [0.4, 0.5) is 10.5 Å². The van der Waals surface area contributed by atoms with Crippen molar-refractivity contribution >= 4 is 11.7 Å². The van der Waals surface area contributed by atoms with Crippen LogP contribution >= 0.6 is 0 Å². The summed E-state index contributed by atoms with van der Waals surface area (Å²) in [5.74, 6) is 2.51. The summed E-state index contributed by atoms with van der Waals surface area (Å²) in [6, 6.07) is 15.6. The minimum atomic E-state index is -0.196. The predicted octanol–water partition coefficient (Wildman–Crippen LogP) is 3.40. The van der Waals surface area contributed by atoms with Crippen molar-refractivity contribution in [3.05, 3.63) is 60.4 Å². The number of rotatable bonds is 1. The average Bonchev–Trinajstić information content (AvgIpc) is 2.80. The van der Waals surface area contributed by atoms with E-state index in [-0.39, 0.29) is 11.6 Å². The monoisotopic (exact) mass is 307 g/mol. The number of carbonyl (C=O) groups excluding carboxylic acids is 1. The van der Waals surface area contributed by atoms with Crippen LogP contribution < -0.4 is 4.90 Å². The predicted molar refractivity (Wildman–Crippen MR) is 93.2 cm³/mol. The standard InChI is InChI=1S/C13H15N3O.C6H6/c1-5-10-11(7-6-8-14-10)16-9-13(2,3)15(4)12(16)17;1-2-4-6-5-3-1/h1,6-8H,9H2,2-4H3;1-6H. The number of nitrogens with zero attached hydrogens (tertiary/aromatic N) is 3. The third-order valence-electron chi connectivity index (χ3n) is 3.85. The van der Waals surface area contributed by atoms with Crippen LogP contribution in [0.15, 0.2) is 54.7 Å². The Kier molecular flexibility index (Phi) is 5.02. The van der Waals surface area contributed by atoms with Crippen molar-refractivity contribution in [1.29, 1.82) is 0 Å². The van der Waals surface area contributed by atoms with Gasteiger partial charge in [-0.15, -0.1) is 6.42 Å². The summed E-state index contributed by atoms with van der Waals surface area (Å²) >= 11 is 0. The molecule has 0 saturated carbocycles. The summed E-state index contributed by atoms with van der Waals surface area (Å²) in [5, 5.41) is 0. The molecule has 2 aromatic rings. The van der Waals surface area contributed by atoms with Crippen LogP contribution in [0.25, 0.3) is 0 Å². The maximum Gasteiger partial charge on any atom is 0.324 e. The van der Waals surface area contributed by atoms with Crippen molar-refractivity contribution in [3.63, 3.8) is 0 Å². The Labute approximate surface area is 137 Å². The van der Waals surface area contributed by atoms with Gasteiger partial charge in [-0.1, -0.05) is 36.4 Å². The van der Waals surface area contributed by atoms with Crippen molar-refractivity contribution in [2.24, 2.45) is 0 Å². The van der Waals surface area contributed by atoms with Gasteiger partial charge in [-0.2, -0.15) is 0 Å². The first kappa shape index (κ1) is 16.6. The Morgan fingerprint density at radius 3 is 2.13 bits per heavy atom. The Morgan fingerprint density at radius 2 is 1.70 bits per heavy atom. The van der Waals surface area contributed by atoms with E-state index in [1.807, 2.05) is 56.3 Å². The molecule has 0 atom stereocenters. The van der Waals surface area contributed by atoms with E-state index in [4.69, 9.17) is 6.42 Å². The van der Waals surface area contributed by atoms with Crippen molar-refractivity contribution < 1.29 is 4.79 Å². The highest BCUT2D eigenvalue weighted by atomic mass is 16.2. The molecule has 2 heterocycles. The van der Waals surface area contributed by atoms with Crippen molar-refractivity contribution in [2.75, 3.05) is 18.5 Å². The van der Waals surface area contributed by atoms with Crippen LogP contribution in [0.5, 0.6) is 0 Å². The van der Waals surface area contributed by atoms with Crippen LogP contribution in [0.1, 0.15) is 19.5 Å². The zero-order valence-electron chi connectivity index (χ0n) is 13.7. The van der Waals surface area contributed by atoms with E-state index in [1.54, 1.807) is 29.1 Å². The van der Waals surface area contributed by atoms with Gasteiger partial charge in [0.25, 0.3) is 0 Å². The molecule has 2 amide bonds. The van der Waals surface area contributed by atoms with E-state index < -0.39 is 0 Å². The van der Waals surface area contributed by atoms with Gasteiger partial charge in [0.1, 0.15) is 5.69 Å². The molecule has 1 fully saturated rings. The quantitative estimate of drug-likeness (QED) is 0.757. The maximum atomic E-state index is 12.1. The molecule has 1 aromatic heterocycles. The maximum absolute atomic E-state index is 12.1. The normalized spacial score (nSPS) is 15.7. The SMILES string of the molecule is C#Cc1ncccc1N1CC(C)(C)N(C)C1=O.c1ccccc1. The Balaban J connectivity index is 0.000000268. The molecule has 1 aromatic carbocycles. The summed E-state index contributed by atoms with van der Waals surface area (Å²) in [7, 11) is 1.80. The van der Waals surface area contributed by atoms with Crippen LogP contribution in [0.3, 0.4) is 0 Å². The van der Waals surface area contributed by atoms with Crippen LogP contribution in [-0.2, 0) is 0 Å². The summed E-state index contributed by atoms with van der Waals surface area (Å²) < 4.78 is 0. The molecular formula is C19H21N3O. The minimum absolute atomic E-state index is 0.0421. The molecular weight excluding hydrogens is 286 g/mol. The largest absolute Gasteiger partial charge is 0.324 e. The lowest BCUT2D eigenvalue weighted by Crippen LogP contribution is -2.38. The number of hydrogen-bond acceptors (Lipinski definition) is 2. The van der Waals surface area contributed by atoms with Gasteiger partial charge in [-0.05, 0) is 31.9 Å². The number of urea groups is 1. The summed E-state index contributed by atoms with van der Waals surface area (Å²) in [4.78, 5) is 19.7. The average molecular weight is 307 g/mol. The molecule has 23 heavy (non-hydrogen) atoms. The van der Waals surface area contributed by atoms with Crippen molar-refractivity contribution in [1.82, 2.24) is 9.88 Å². The number of benzene rings is 1. The van der Waals surface area contributed by atoms with E-state index in [0.29, 0.717) is 17.9 Å². The number of anilines is 1. The second kappa shape index (κ2) is 6.97. The zero-order valence-corrected chi connectivity index (χ0v) is 13.7. The first-order chi connectivity index (χ1) is 11.0. The molecule has 118 valence electrons. The van der Waals surface area contributed by atoms with Crippen LogP contribution in [-0.4, -0.2) is 35.0 Å². The fourth-order valence-electron chi connectivity index (χ4n) is 2.30. The number of pyridine rings is 1. The van der Waals surface area contributed by atoms with Gasteiger partial charge in [0, 0.05) is 13.2 Å². The Morgan fingerprint density at radius 1 is 1.13 bits per heavy atom. The molecule has 4 nitrogen and oxygen atoms in total. The minimum Gasteiger partial charge on any atom is -0.320 e. The summed E-state index contributed by atoms with van der Waals surface area (Å²) in [6.45, 7) is 4.66. The van der Waals surface area contributed by atoms with E-state index >= 15 is 0 Å². The fourth-order valence-corrected chi connectivity index (χ4v) is 2.30. The number of aromatic nitrogens is 1. The van der Waals surface area contributed by atoms with Crippen molar-refractivity contribution in [3.8, 4) is 12.3 Å². The Bertz CT molecular complexity index is 677. The molecule has 1 aliphatic rings. The van der Waals surface area contributed by atoms with Gasteiger partial charge >= 0.3 is 6.03 Å². The zero-order chi connectivity index (χ0) is 16.9. The number of amides is 2. The fraction of sp³-hybridized carbons (Fsp3) is 0.263. The third-order valence-corrected chi connectivity index (χ3v) is 3.85. The van der Waals surface area contributed by atoms with Gasteiger partial charge in [0.15, 0.2) is 0 Å². The number of carbonyl (C=O) groups is 1. The van der Waals surface area contributed by atoms with E-state index in [0.717, 1.165) is 0 Å². The molecule has 4 heteroatoms. The lowest BCUT2D eigenvalue weighted by atomic mass is 10.1. The molecule has 0 aliphatic carbocycles. The number of terminal acetylenes is 1. The molecule has 1 saturated heterocycles. The second-order valence-corrected chi connectivity index (χ2v) is 5.91. The molecule has 0 radical (unpaired) electrons. The molecule has 0 N–H and O–H groups in total. The van der Waals surface area contributed by atoms with E-state index in [2.05, 4.69) is 10.9 Å². The van der Waals surface area contributed by atoms with E-state index in [1.165, 1.54) is 0 Å². The van der Waals surface area contributed by atoms with Gasteiger partial charge in [0.2, 0.25) is 0 Å². The van der Waals surface area contributed by atoms with Crippen LogP contribution in [0, 0.1) is 12.3 Å². The lowest BCUT2D eigenvalue weighted by Gasteiger charge is -2.24. The van der Waals surface area contributed by atoms with Gasteiger partial charge in [-0.25, -0.2) is 9.78 Å². The highest BCUT2D eigenvalue weighted by Crippen LogP contribution is 2.30. The molecule has 0 spiro atoms. The topological polar surface area (TPSA) is 36.4 Å². The lowest BCUT2D eigenvalue weighted by molar-refractivity contribution is 0.198. The third kappa shape index (κ3) is 3.70. The molecule has 0 bridgehead atoms. The first-order valence-electron chi connectivity index (χ1n) is 7.44. The second-order valence-electron chi connectivity index (χ2n) is 5.91. The Hall–Kier alpha value is -2.80. The van der Waals surface area contributed by atoms with Crippen LogP contribution in [0.2, 0.25) is 0 Å². The summed E-state index contributed by atoms with van der Waals surface area (Å²) in [5.41, 5.74) is 1.02. The molecule has 0 unspecified atom stereocenters. The van der Waals surface area contributed by atoms with Crippen molar-refractivity contribution in [2.45, 2.75) is 19.4 Å². The van der Waals surface area contributed by atoms with E-state index in [9.17, 15) is 4.79 Å². The van der Waals surface area contributed by atoms with Gasteiger partial charge in [0.05, 0.1) is 17.8 Å². The number of likely N-dealkylation sites (N-methyl/N-ethyl adjacent to an activating group) is 1. The first-order valence-corrected chi connectivity index (χ1v) is 7.44. The molecule has 1 aliphatic heterocycles. The summed E-state index contributed by atoms with van der Waals surface area (Å²) in [6.07, 6.45) is 7.03. The highest BCUT2D eigenvalue weighted by Gasteiger charge is 2.41. The van der Waals surface area contributed by atoms with Gasteiger partial charge < -0.3 is 4.90 Å².